The molecule has 0 aromatic heterocycles. The number of hydrogen-bond acceptors (Lipinski definition) is 5. The molecule has 152 valence electrons. The second-order valence-corrected chi connectivity index (χ2v) is 6.69. The molecule has 30 heavy (non-hydrogen) atoms. The van der Waals surface area contributed by atoms with Crippen LogP contribution in [-0.2, 0) is 4.79 Å². The number of nitriles is 1. The maximum absolute atomic E-state index is 12.6. The highest BCUT2D eigenvalue weighted by atomic mass is 16.5. The number of rotatable bonds is 7. The van der Waals surface area contributed by atoms with Gasteiger partial charge >= 0.3 is 0 Å². The van der Waals surface area contributed by atoms with Gasteiger partial charge in [0.25, 0.3) is 0 Å². The highest BCUT2D eigenvalue weighted by Gasteiger charge is 2.15. The van der Waals surface area contributed by atoms with Crippen LogP contribution in [0.4, 0.5) is 11.4 Å². The Morgan fingerprint density at radius 3 is 2.40 bits per heavy atom. The summed E-state index contributed by atoms with van der Waals surface area (Å²) in [5.41, 5.74) is 3.74. The number of amides is 1. The number of hydrogen-bond donors (Lipinski definition) is 2. The van der Waals surface area contributed by atoms with Gasteiger partial charge in [-0.05, 0) is 61.0 Å². The number of ether oxygens (including phenoxy) is 2. The van der Waals surface area contributed by atoms with Crippen LogP contribution in [0.25, 0.3) is 11.1 Å². The summed E-state index contributed by atoms with van der Waals surface area (Å²) in [6, 6.07) is 21.8. The van der Waals surface area contributed by atoms with Crippen molar-refractivity contribution in [3.8, 4) is 28.7 Å². The third kappa shape index (κ3) is 4.89. The lowest BCUT2D eigenvalue weighted by molar-refractivity contribution is -0.116. The van der Waals surface area contributed by atoms with Gasteiger partial charge in [0.2, 0.25) is 5.91 Å². The molecule has 6 heteroatoms. The normalized spacial score (nSPS) is 11.1. The number of methoxy groups -OCH3 is 2. The van der Waals surface area contributed by atoms with E-state index in [1.54, 1.807) is 45.4 Å². The maximum Gasteiger partial charge on any atom is 0.246 e. The number of benzene rings is 3. The zero-order chi connectivity index (χ0) is 21.5. The van der Waals surface area contributed by atoms with Crippen LogP contribution in [0.5, 0.6) is 11.5 Å². The molecule has 1 amide bonds. The molecular formula is C24H23N3O3. The van der Waals surface area contributed by atoms with Crippen LogP contribution in [0.1, 0.15) is 12.5 Å². The van der Waals surface area contributed by atoms with E-state index in [1.807, 2.05) is 42.5 Å². The Kier molecular flexibility index (Phi) is 6.56. The van der Waals surface area contributed by atoms with Crippen molar-refractivity contribution >= 4 is 17.3 Å². The van der Waals surface area contributed by atoms with E-state index in [9.17, 15) is 4.79 Å². The van der Waals surface area contributed by atoms with Crippen LogP contribution < -0.4 is 20.1 Å². The van der Waals surface area contributed by atoms with E-state index < -0.39 is 6.04 Å². The van der Waals surface area contributed by atoms with Crippen molar-refractivity contribution in [3.63, 3.8) is 0 Å². The fourth-order valence-corrected chi connectivity index (χ4v) is 3.03. The van der Waals surface area contributed by atoms with E-state index in [2.05, 4.69) is 16.7 Å². The molecule has 0 saturated heterocycles. The van der Waals surface area contributed by atoms with Crippen molar-refractivity contribution in [1.29, 1.82) is 5.26 Å². The first kappa shape index (κ1) is 20.7. The van der Waals surface area contributed by atoms with Gasteiger partial charge in [0.1, 0.15) is 17.5 Å². The predicted octanol–water partition coefficient (Wildman–Crippen LogP) is 4.68. The summed E-state index contributed by atoms with van der Waals surface area (Å²) in [7, 11) is 3.25. The van der Waals surface area contributed by atoms with Gasteiger partial charge in [-0.1, -0.05) is 18.2 Å². The lowest BCUT2D eigenvalue weighted by atomic mass is 10.0. The fourth-order valence-electron chi connectivity index (χ4n) is 3.03. The monoisotopic (exact) mass is 401 g/mol. The summed E-state index contributed by atoms with van der Waals surface area (Å²) < 4.78 is 10.7. The molecule has 0 radical (unpaired) electrons. The first-order chi connectivity index (χ1) is 14.5. The smallest absolute Gasteiger partial charge is 0.246 e. The Labute approximate surface area is 176 Å². The van der Waals surface area contributed by atoms with Crippen molar-refractivity contribution < 1.29 is 14.3 Å². The van der Waals surface area contributed by atoms with Gasteiger partial charge in [-0.15, -0.1) is 0 Å². The minimum Gasteiger partial charge on any atom is -0.497 e. The van der Waals surface area contributed by atoms with E-state index in [0.717, 1.165) is 28.3 Å². The summed E-state index contributed by atoms with van der Waals surface area (Å²) >= 11 is 0. The summed E-state index contributed by atoms with van der Waals surface area (Å²) in [6.45, 7) is 1.78. The van der Waals surface area contributed by atoms with Crippen LogP contribution in [0.3, 0.4) is 0 Å². The zero-order valence-electron chi connectivity index (χ0n) is 17.1. The van der Waals surface area contributed by atoms with Crippen LogP contribution in [0, 0.1) is 11.3 Å². The molecule has 3 rings (SSSR count). The molecule has 6 nitrogen and oxygen atoms in total. The number of nitrogens with zero attached hydrogens (tertiary/aromatic N) is 1. The quantitative estimate of drug-likeness (QED) is 0.600. The molecule has 0 heterocycles. The molecule has 0 aliphatic rings. The SMILES string of the molecule is COc1ccc(-c2cc(N[C@H](C)C(=O)Nc3cccc(C#N)c3)ccc2OC)cc1. The average molecular weight is 401 g/mol. The Balaban J connectivity index is 1.76. The molecule has 1 atom stereocenters. The third-order valence-electron chi connectivity index (χ3n) is 4.64. The molecule has 2 N–H and O–H groups in total. The first-order valence-electron chi connectivity index (χ1n) is 9.44. The van der Waals surface area contributed by atoms with Gasteiger partial charge in [0.15, 0.2) is 0 Å². The molecule has 0 fully saturated rings. The topological polar surface area (TPSA) is 83.4 Å². The second kappa shape index (κ2) is 9.48. The molecule has 0 saturated carbocycles. The lowest BCUT2D eigenvalue weighted by Crippen LogP contribution is -2.31. The van der Waals surface area contributed by atoms with E-state index in [0.29, 0.717) is 11.3 Å². The van der Waals surface area contributed by atoms with E-state index in [4.69, 9.17) is 14.7 Å². The fraction of sp³-hybridized carbons (Fsp3) is 0.167. The molecule has 0 spiro atoms. The number of anilines is 2. The Morgan fingerprint density at radius 2 is 1.73 bits per heavy atom. The van der Waals surface area contributed by atoms with Gasteiger partial charge in [-0.25, -0.2) is 0 Å². The largest absolute Gasteiger partial charge is 0.497 e. The van der Waals surface area contributed by atoms with E-state index in [-0.39, 0.29) is 5.91 Å². The summed E-state index contributed by atoms with van der Waals surface area (Å²) in [4.78, 5) is 12.6. The van der Waals surface area contributed by atoms with Gasteiger partial charge in [0.05, 0.1) is 25.9 Å². The lowest BCUT2D eigenvalue weighted by Gasteiger charge is -2.17. The number of nitrogens with one attached hydrogen (secondary N) is 2. The highest BCUT2D eigenvalue weighted by Crippen LogP contribution is 2.33. The van der Waals surface area contributed by atoms with Gasteiger partial charge < -0.3 is 20.1 Å². The minimum absolute atomic E-state index is 0.202. The summed E-state index contributed by atoms with van der Waals surface area (Å²) in [5, 5.41) is 15.0. The van der Waals surface area contributed by atoms with Gasteiger partial charge in [-0.3, -0.25) is 4.79 Å². The molecule has 3 aromatic rings. The minimum atomic E-state index is -0.493. The molecule has 0 unspecified atom stereocenters. The van der Waals surface area contributed by atoms with Crippen LogP contribution >= 0.6 is 0 Å². The highest BCUT2D eigenvalue weighted by molar-refractivity contribution is 5.96. The van der Waals surface area contributed by atoms with E-state index in [1.165, 1.54) is 0 Å². The van der Waals surface area contributed by atoms with Gasteiger partial charge in [-0.2, -0.15) is 5.26 Å². The molecule has 3 aromatic carbocycles. The second-order valence-electron chi connectivity index (χ2n) is 6.69. The number of carbonyl (C=O) groups is 1. The first-order valence-corrected chi connectivity index (χ1v) is 9.44. The standard InChI is InChI=1S/C24H23N3O3/c1-16(24(28)27-19-6-4-5-17(13-19)15-25)26-20-9-12-23(30-3)22(14-20)18-7-10-21(29-2)11-8-18/h4-14,16,26H,1-3H3,(H,27,28)/t16-/m1/s1. The summed E-state index contributed by atoms with van der Waals surface area (Å²) in [6.07, 6.45) is 0. The van der Waals surface area contributed by atoms with E-state index >= 15 is 0 Å². The van der Waals surface area contributed by atoms with Crippen molar-refractivity contribution in [2.45, 2.75) is 13.0 Å². The van der Waals surface area contributed by atoms with Crippen molar-refractivity contribution in [3.05, 3.63) is 72.3 Å². The van der Waals surface area contributed by atoms with Gasteiger partial charge in [0, 0.05) is 16.9 Å². The molecular weight excluding hydrogens is 378 g/mol. The summed E-state index contributed by atoms with van der Waals surface area (Å²) in [5.74, 6) is 1.31. The van der Waals surface area contributed by atoms with Crippen LogP contribution in [0.15, 0.2) is 66.7 Å². The molecule has 0 aliphatic heterocycles. The Morgan fingerprint density at radius 1 is 0.967 bits per heavy atom. The van der Waals surface area contributed by atoms with Crippen LogP contribution in [0.2, 0.25) is 0 Å². The average Bonchev–Trinajstić information content (AvgIpc) is 2.79. The van der Waals surface area contributed by atoms with Crippen molar-refractivity contribution in [1.82, 2.24) is 0 Å². The Bertz CT molecular complexity index is 1070. The van der Waals surface area contributed by atoms with Crippen molar-refractivity contribution in [2.24, 2.45) is 0 Å². The molecule has 0 aliphatic carbocycles. The molecule has 0 bridgehead atoms. The Hall–Kier alpha value is -3.98. The van der Waals surface area contributed by atoms with Crippen molar-refractivity contribution in [2.75, 3.05) is 24.9 Å². The predicted molar refractivity (Wildman–Crippen MR) is 118 cm³/mol. The zero-order valence-corrected chi connectivity index (χ0v) is 17.1. The third-order valence-corrected chi connectivity index (χ3v) is 4.64. The maximum atomic E-state index is 12.6. The van der Waals surface area contributed by atoms with Crippen LogP contribution in [-0.4, -0.2) is 26.2 Å². The number of carbonyl (C=O) groups excluding carboxylic acids is 1.